The minimum Gasteiger partial charge on any atom is -0.399 e. The maximum absolute atomic E-state index is 5.68. The molecule has 1 aromatic heterocycles. The van der Waals surface area contributed by atoms with Gasteiger partial charge in [-0.3, -0.25) is 4.68 Å². The monoisotopic (exact) mass is 256 g/mol. The number of nitrogen functional groups attached to an aromatic ring is 1. The van der Waals surface area contributed by atoms with E-state index in [0.29, 0.717) is 5.92 Å². The minimum atomic E-state index is 0.636. The molecule has 1 fully saturated rings. The van der Waals surface area contributed by atoms with Crippen LogP contribution in [0.4, 0.5) is 5.69 Å². The molecular weight excluding hydrogens is 236 g/mol. The highest BCUT2D eigenvalue weighted by molar-refractivity contribution is 5.39. The van der Waals surface area contributed by atoms with Crippen LogP contribution in [0.5, 0.6) is 0 Å². The van der Waals surface area contributed by atoms with Crippen LogP contribution >= 0.6 is 0 Å². The second kappa shape index (κ2) is 5.03. The van der Waals surface area contributed by atoms with Crippen molar-refractivity contribution in [1.82, 2.24) is 14.8 Å². The molecule has 19 heavy (non-hydrogen) atoms. The second-order valence-corrected chi connectivity index (χ2v) is 5.38. The molecule has 1 aromatic carbocycles. The van der Waals surface area contributed by atoms with Gasteiger partial charge in [-0.2, -0.15) is 5.10 Å². The lowest BCUT2D eigenvalue weighted by atomic mass is 10.1. The Hall–Kier alpha value is -1.84. The number of benzene rings is 1. The topological polar surface area (TPSA) is 56.7 Å². The summed E-state index contributed by atoms with van der Waals surface area (Å²) in [4.78, 5) is 4.65. The molecule has 2 N–H and O–H groups in total. The molecule has 0 radical (unpaired) electrons. The summed E-state index contributed by atoms with van der Waals surface area (Å²) in [6, 6.07) is 8.12. The highest BCUT2D eigenvalue weighted by atomic mass is 15.3. The summed E-state index contributed by atoms with van der Waals surface area (Å²) in [5, 5.41) is 4.50. The molecule has 4 heteroatoms. The number of nitrogens with zero attached hydrogens (tertiary/aromatic N) is 3. The van der Waals surface area contributed by atoms with Crippen molar-refractivity contribution in [3.8, 4) is 0 Å². The third-order valence-corrected chi connectivity index (χ3v) is 3.66. The minimum absolute atomic E-state index is 0.636. The predicted molar refractivity (Wildman–Crippen MR) is 75.9 cm³/mol. The van der Waals surface area contributed by atoms with Crippen molar-refractivity contribution in [1.29, 1.82) is 0 Å². The Labute approximate surface area is 113 Å². The summed E-state index contributed by atoms with van der Waals surface area (Å²) >= 11 is 0. The summed E-state index contributed by atoms with van der Waals surface area (Å²) in [7, 11) is 2.00. The van der Waals surface area contributed by atoms with Gasteiger partial charge in [0.2, 0.25) is 0 Å². The maximum Gasteiger partial charge on any atom is 0.154 e. The molecule has 0 unspecified atom stereocenters. The van der Waals surface area contributed by atoms with Gasteiger partial charge < -0.3 is 5.73 Å². The van der Waals surface area contributed by atoms with Gasteiger partial charge in [0.15, 0.2) is 5.82 Å². The maximum atomic E-state index is 5.68. The van der Waals surface area contributed by atoms with Crippen molar-refractivity contribution in [2.45, 2.75) is 38.0 Å². The molecule has 100 valence electrons. The van der Waals surface area contributed by atoms with Gasteiger partial charge in [-0.15, -0.1) is 0 Å². The van der Waals surface area contributed by atoms with E-state index in [4.69, 9.17) is 5.73 Å². The molecule has 1 heterocycles. The number of nitrogens with two attached hydrogens (primary N) is 1. The third kappa shape index (κ3) is 2.95. The molecule has 0 spiro atoms. The van der Waals surface area contributed by atoms with Gasteiger partial charge in [-0.05, 0) is 43.4 Å². The fraction of sp³-hybridized carbons (Fsp3) is 0.467. The van der Waals surface area contributed by atoms with Crippen LogP contribution in [-0.4, -0.2) is 14.8 Å². The van der Waals surface area contributed by atoms with Crippen LogP contribution in [0, 0.1) is 0 Å². The van der Waals surface area contributed by atoms with E-state index >= 15 is 0 Å². The van der Waals surface area contributed by atoms with Gasteiger partial charge in [-0.25, -0.2) is 4.98 Å². The molecule has 3 rings (SSSR count). The lowest BCUT2D eigenvalue weighted by Gasteiger charge is -2.02. The fourth-order valence-electron chi connectivity index (χ4n) is 2.31. The van der Waals surface area contributed by atoms with E-state index in [1.165, 1.54) is 18.4 Å². The van der Waals surface area contributed by atoms with Gasteiger partial charge >= 0.3 is 0 Å². The van der Waals surface area contributed by atoms with E-state index in [-0.39, 0.29) is 0 Å². The third-order valence-electron chi connectivity index (χ3n) is 3.66. The Morgan fingerprint density at radius 3 is 2.63 bits per heavy atom. The van der Waals surface area contributed by atoms with E-state index in [1.807, 2.05) is 23.9 Å². The van der Waals surface area contributed by atoms with E-state index in [9.17, 15) is 0 Å². The Balaban J connectivity index is 1.55. The van der Waals surface area contributed by atoms with Crippen molar-refractivity contribution in [2.24, 2.45) is 7.05 Å². The Bertz CT molecular complexity index is 552. The molecule has 0 aliphatic heterocycles. The highest BCUT2D eigenvalue weighted by Gasteiger charge is 2.28. The lowest BCUT2D eigenvalue weighted by molar-refractivity contribution is 0.667. The van der Waals surface area contributed by atoms with Crippen LogP contribution in [0.25, 0.3) is 0 Å². The van der Waals surface area contributed by atoms with Crippen molar-refractivity contribution in [3.05, 3.63) is 41.5 Å². The summed E-state index contributed by atoms with van der Waals surface area (Å²) in [5.74, 6) is 2.79. The van der Waals surface area contributed by atoms with Crippen molar-refractivity contribution < 1.29 is 0 Å². The Morgan fingerprint density at radius 2 is 1.95 bits per heavy atom. The standard InChI is InChI=1S/C15H20N4/c1-19-14(17-15(18-19)12-7-8-12)4-2-3-11-5-9-13(16)10-6-11/h5-6,9-10,12H,2-4,7-8,16H2,1H3. The van der Waals surface area contributed by atoms with Crippen LogP contribution in [0.2, 0.25) is 0 Å². The number of anilines is 1. The molecule has 0 atom stereocenters. The molecule has 4 nitrogen and oxygen atoms in total. The Kier molecular flexibility index (Phi) is 3.23. The largest absolute Gasteiger partial charge is 0.399 e. The fourth-order valence-corrected chi connectivity index (χ4v) is 2.31. The summed E-state index contributed by atoms with van der Waals surface area (Å²) in [6.45, 7) is 0. The first-order valence-electron chi connectivity index (χ1n) is 6.96. The van der Waals surface area contributed by atoms with Gasteiger partial charge in [-0.1, -0.05) is 12.1 Å². The zero-order valence-corrected chi connectivity index (χ0v) is 11.3. The molecule has 0 bridgehead atoms. The average molecular weight is 256 g/mol. The Morgan fingerprint density at radius 1 is 1.21 bits per heavy atom. The van der Waals surface area contributed by atoms with Gasteiger partial charge in [0.25, 0.3) is 0 Å². The van der Waals surface area contributed by atoms with Crippen molar-refractivity contribution >= 4 is 5.69 Å². The lowest BCUT2D eigenvalue weighted by Crippen LogP contribution is -2.00. The summed E-state index contributed by atoms with van der Waals surface area (Å²) in [5.41, 5.74) is 7.84. The number of aryl methyl sites for hydroxylation is 3. The van der Waals surface area contributed by atoms with Crippen LogP contribution in [0.1, 0.15) is 42.4 Å². The first kappa shape index (κ1) is 12.2. The molecule has 0 saturated heterocycles. The quantitative estimate of drug-likeness (QED) is 0.836. The predicted octanol–water partition coefficient (Wildman–Crippen LogP) is 2.45. The summed E-state index contributed by atoms with van der Waals surface area (Å²) in [6.07, 6.45) is 5.66. The van der Waals surface area contributed by atoms with E-state index < -0.39 is 0 Å². The SMILES string of the molecule is Cn1nc(C2CC2)nc1CCCc1ccc(N)cc1. The number of aromatic nitrogens is 3. The summed E-state index contributed by atoms with van der Waals surface area (Å²) < 4.78 is 1.94. The smallest absolute Gasteiger partial charge is 0.154 e. The molecule has 1 aliphatic rings. The van der Waals surface area contributed by atoms with E-state index in [2.05, 4.69) is 22.2 Å². The number of rotatable bonds is 5. The molecular formula is C15H20N4. The zero-order chi connectivity index (χ0) is 13.2. The molecule has 1 aliphatic carbocycles. The van der Waals surface area contributed by atoms with E-state index in [0.717, 1.165) is 36.6 Å². The van der Waals surface area contributed by atoms with Crippen LogP contribution in [-0.2, 0) is 19.9 Å². The first-order valence-corrected chi connectivity index (χ1v) is 6.96. The average Bonchev–Trinajstić information content (AvgIpc) is 3.18. The zero-order valence-electron chi connectivity index (χ0n) is 11.3. The number of hydrogen-bond acceptors (Lipinski definition) is 3. The van der Waals surface area contributed by atoms with Gasteiger partial charge in [0, 0.05) is 25.1 Å². The normalized spacial score (nSPS) is 14.8. The van der Waals surface area contributed by atoms with Crippen molar-refractivity contribution in [2.75, 3.05) is 5.73 Å². The highest BCUT2D eigenvalue weighted by Crippen LogP contribution is 2.38. The first-order chi connectivity index (χ1) is 9.22. The van der Waals surface area contributed by atoms with Gasteiger partial charge in [0.1, 0.15) is 5.82 Å². The van der Waals surface area contributed by atoms with Crippen molar-refractivity contribution in [3.63, 3.8) is 0 Å². The second-order valence-electron chi connectivity index (χ2n) is 5.38. The van der Waals surface area contributed by atoms with Crippen LogP contribution < -0.4 is 5.73 Å². The van der Waals surface area contributed by atoms with Crippen LogP contribution in [0.15, 0.2) is 24.3 Å². The van der Waals surface area contributed by atoms with Crippen LogP contribution in [0.3, 0.4) is 0 Å². The molecule has 1 saturated carbocycles. The van der Waals surface area contributed by atoms with Gasteiger partial charge in [0.05, 0.1) is 0 Å². The number of hydrogen-bond donors (Lipinski definition) is 1. The molecule has 2 aromatic rings. The molecule has 0 amide bonds. The van der Waals surface area contributed by atoms with E-state index in [1.54, 1.807) is 0 Å².